The lowest BCUT2D eigenvalue weighted by Gasteiger charge is -2.15. The number of amides is 1. The molecule has 32 heavy (non-hydrogen) atoms. The van der Waals surface area contributed by atoms with Gasteiger partial charge in [-0.15, -0.1) is 0 Å². The molecule has 1 amide bonds. The predicted molar refractivity (Wildman–Crippen MR) is 117 cm³/mol. The predicted octanol–water partition coefficient (Wildman–Crippen LogP) is 3.04. The van der Waals surface area contributed by atoms with Gasteiger partial charge in [-0.2, -0.15) is 0 Å². The Morgan fingerprint density at radius 3 is 2.84 bits per heavy atom. The lowest BCUT2D eigenvalue weighted by atomic mass is 10.1. The third-order valence-corrected chi connectivity index (χ3v) is 5.27. The van der Waals surface area contributed by atoms with E-state index >= 15 is 0 Å². The Labute approximate surface area is 188 Å². The van der Waals surface area contributed by atoms with E-state index in [9.17, 15) is 14.3 Å². The maximum Gasteiger partial charge on any atom is 0.255 e. The van der Waals surface area contributed by atoms with Gasteiger partial charge in [-0.05, 0) is 43.0 Å². The van der Waals surface area contributed by atoms with Crippen LogP contribution in [0.2, 0.25) is 5.02 Å². The van der Waals surface area contributed by atoms with Gasteiger partial charge in [0.05, 0.1) is 29.5 Å². The molecule has 3 aromatic rings. The molecule has 8 nitrogen and oxygen atoms in total. The van der Waals surface area contributed by atoms with Gasteiger partial charge in [0, 0.05) is 35.7 Å². The summed E-state index contributed by atoms with van der Waals surface area (Å²) < 4.78 is 14.4. The van der Waals surface area contributed by atoms with Gasteiger partial charge in [0.25, 0.3) is 5.91 Å². The van der Waals surface area contributed by atoms with E-state index < -0.39 is 24.4 Å². The maximum atomic E-state index is 14.4. The summed E-state index contributed by atoms with van der Waals surface area (Å²) in [7, 11) is 0. The molecule has 166 valence electrons. The molecular weight excluding hydrogens is 437 g/mol. The average Bonchev–Trinajstić information content (AvgIpc) is 3.64. The number of nitrogens with one attached hydrogen (secondary N) is 2. The van der Waals surface area contributed by atoms with Crippen LogP contribution in [-0.4, -0.2) is 50.3 Å². The highest BCUT2D eigenvalue weighted by molar-refractivity contribution is 6.30. The number of carbonyl (C=O) groups is 1. The zero-order valence-corrected chi connectivity index (χ0v) is 17.7. The van der Waals surface area contributed by atoms with E-state index in [1.807, 2.05) is 0 Å². The zero-order chi connectivity index (χ0) is 22.7. The number of benzene rings is 1. The van der Waals surface area contributed by atoms with Crippen LogP contribution < -0.4 is 10.6 Å². The fourth-order valence-corrected chi connectivity index (χ4v) is 3.34. The second kappa shape index (κ2) is 9.56. The number of hydrogen-bond acceptors (Lipinski definition) is 7. The molecule has 1 saturated carbocycles. The molecule has 0 unspecified atom stereocenters. The standard InChI is InChI=1S/C22H21ClFN5O3/c23-13-3-4-18(24)15(7-13)20-26-10-16(12-1-2-12)21(29-20)28-19-5-6-25-9-17(19)22(32)27-8-14(31)11-30/h3-7,9-10,12,14,30-31H,1-2,8,11H2,(H,27,32)(H,25,26,28,29)/t14-/m0/s1. The third kappa shape index (κ3) is 5.01. The summed E-state index contributed by atoms with van der Waals surface area (Å²) in [5.41, 5.74) is 1.71. The molecule has 1 fully saturated rings. The molecule has 0 saturated heterocycles. The van der Waals surface area contributed by atoms with Crippen LogP contribution >= 0.6 is 11.6 Å². The molecule has 1 aromatic carbocycles. The molecule has 10 heteroatoms. The second-order valence-corrected chi connectivity index (χ2v) is 7.93. The van der Waals surface area contributed by atoms with Crippen LogP contribution in [0.4, 0.5) is 15.9 Å². The van der Waals surface area contributed by atoms with Gasteiger partial charge in [-0.25, -0.2) is 14.4 Å². The number of hydrogen-bond donors (Lipinski definition) is 4. The molecule has 0 spiro atoms. The van der Waals surface area contributed by atoms with Crippen molar-refractivity contribution in [2.24, 2.45) is 0 Å². The molecule has 1 atom stereocenters. The number of aliphatic hydroxyl groups excluding tert-OH is 2. The first-order chi connectivity index (χ1) is 15.5. The Morgan fingerprint density at radius 1 is 1.28 bits per heavy atom. The summed E-state index contributed by atoms with van der Waals surface area (Å²) in [5.74, 6) is -0.0488. The van der Waals surface area contributed by atoms with E-state index in [4.69, 9.17) is 16.7 Å². The van der Waals surface area contributed by atoms with Crippen LogP contribution in [0.5, 0.6) is 0 Å². The summed E-state index contributed by atoms with van der Waals surface area (Å²) in [4.78, 5) is 25.5. The van der Waals surface area contributed by atoms with Crippen molar-refractivity contribution in [3.63, 3.8) is 0 Å². The van der Waals surface area contributed by atoms with E-state index in [1.165, 1.54) is 30.6 Å². The Bertz CT molecular complexity index is 1140. The van der Waals surface area contributed by atoms with Gasteiger partial charge >= 0.3 is 0 Å². The number of halogens is 2. The molecule has 2 aromatic heterocycles. The number of nitrogens with zero attached hydrogens (tertiary/aromatic N) is 3. The van der Waals surface area contributed by atoms with Gasteiger partial charge in [0.15, 0.2) is 5.82 Å². The number of anilines is 2. The first-order valence-electron chi connectivity index (χ1n) is 10.1. The van der Waals surface area contributed by atoms with Crippen LogP contribution in [0.3, 0.4) is 0 Å². The van der Waals surface area contributed by atoms with Crippen molar-refractivity contribution >= 4 is 29.0 Å². The molecule has 1 aliphatic carbocycles. The minimum absolute atomic E-state index is 0.108. The SMILES string of the molecule is O=C(NC[C@H](O)CO)c1cnccc1Nc1nc(-c2cc(Cl)ccc2F)ncc1C1CC1. The number of rotatable bonds is 8. The summed E-state index contributed by atoms with van der Waals surface area (Å²) in [6, 6.07) is 5.79. The van der Waals surface area contributed by atoms with Crippen LogP contribution in [0.25, 0.3) is 11.4 Å². The quantitative estimate of drug-likeness (QED) is 0.410. The highest BCUT2D eigenvalue weighted by Gasteiger charge is 2.28. The lowest BCUT2D eigenvalue weighted by molar-refractivity contribution is 0.0802. The second-order valence-electron chi connectivity index (χ2n) is 7.49. The highest BCUT2D eigenvalue weighted by Crippen LogP contribution is 2.43. The first kappa shape index (κ1) is 22.1. The highest BCUT2D eigenvalue weighted by atomic mass is 35.5. The van der Waals surface area contributed by atoms with Crippen molar-refractivity contribution in [3.05, 3.63) is 64.8 Å². The van der Waals surface area contributed by atoms with Crippen LogP contribution in [0.15, 0.2) is 42.9 Å². The smallest absolute Gasteiger partial charge is 0.255 e. The first-order valence-corrected chi connectivity index (χ1v) is 10.4. The zero-order valence-electron chi connectivity index (χ0n) is 16.9. The van der Waals surface area contributed by atoms with Gasteiger partial charge in [-0.1, -0.05) is 11.6 Å². The van der Waals surface area contributed by atoms with E-state index in [0.717, 1.165) is 18.4 Å². The molecule has 0 aliphatic heterocycles. The number of carbonyl (C=O) groups excluding carboxylic acids is 1. The van der Waals surface area contributed by atoms with Crippen molar-refractivity contribution in [3.8, 4) is 11.4 Å². The van der Waals surface area contributed by atoms with E-state index in [2.05, 4.69) is 25.6 Å². The van der Waals surface area contributed by atoms with Crippen molar-refractivity contribution in [2.45, 2.75) is 24.9 Å². The molecule has 0 bridgehead atoms. The maximum absolute atomic E-state index is 14.4. The molecular formula is C22H21ClFN5O3. The molecule has 1 aliphatic rings. The number of aliphatic hydroxyl groups is 2. The van der Waals surface area contributed by atoms with E-state index in [-0.39, 0.29) is 29.4 Å². The van der Waals surface area contributed by atoms with Crippen LogP contribution in [-0.2, 0) is 0 Å². The summed E-state index contributed by atoms with van der Waals surface area (Å²) >= 11 is 6.02. The topological polar surface area (TPSA) is 120 Å². The Hall–Kier alpha value is -3.14. The Kier molecular flexibility index (Phi) is 6.59. The summed E-state index contributed by atoms with van der Waals surface area (Å²) in [6.45, 7) is -0.574. The Morgan fingerprint density at radius 2 is 2.09 bits per heavy atom. The van der Waals surface area contributed by atoms with Crippen molar-refractivity contribution in [1.29, 1.82) is 0 Å². The summed E-state index contributed by atoms with van der Waals surface area (Å²) in [6.07, 6.45) is 5.50. The van der Waals surface area contributed by atoms with Crippen molar-refractivity contribution in [2.75, 3.05) is 18.5 Å². The normalized spacial score (nSPS) is 14.1. The fraction of sp³-hybridized carbons (Fsp3) is 0.273. The Balaban J connectivity index is 1.67. The molecule has 2 heterocycles. The van der Waals surface area contributed by atoms with Gasteiger partial charge in [0.2, 0.25) is 0 Å². The molecule has 0 radical (unpaired) electrons. The van der Waals surface area contributed by atoms with Gasteiger partial charge in [-0.3, -0.25) is 9.78 Å². The minimum atomic E-state index is -1.06. The molecule has 4 N–H and O–H groups in total. The monoisotopic (exact) mass is 457 g/mol. The fourth-order valence-electron chi connectivity index (χ4n) is 3.17. The van der Waals surface area contributed by atoms with Crippen LogP contribution in [0.1, 0.15) is 34.7 Å². The minimum Gasteiger partial charge on any atom is -0.394 e. The average molecular weight is 458 g/mol. The number of pyridine rings is 1. The van der Waals surface area contributed by atoms with Crippen molar-refractivity contribution in [1.82, 2.24) is 20.3 Å². The lowest BCUT2D eigenvalue weighted by Crippen LogP contribution is -2.34. The van der Waals surface area contributed by atoms with Crippen LogP contribution in [0, 0.1) is 5.82 Å². The largest absolute Gasteiger partial charge is 0.394 e. The van der Waals surface area contributed by atoms with Gasteiger partial charge in [0.1, 0.15) is 11.6 Å². The third-order valence-electron chi connectivity index (χ3n) is 5.03. The number of aromatic nitrogens is 3. The summed E-state index contributed by atoms with van der Waals surface area (Å²) in [5, 5.41) is 24.5. The van der Waals surface area contributed by atoms with E-state index in [1.54, 1.807) is 12.3 Å². The van der Waals surface area contributed by atoms with E-state index in [0.29, 0.717) is 16.5 Å². The van der Waals surface area contributed by atoms with Gasteiger partial charge < -0.3 is 20.8 Å². The molecule has 4 rings (SSSR count). The van der Waals surface area contributed by atoms with Crippen molar-refractivity contribution < 1.29 is 19.4 Å².